The van der Waals surface area contributed by atoms with Crippen LogP contribution in [-0.2, 0) is 5.41 Å². The number of allylic oxidation sites excluding steroid dienone is 5. The first-order chi connectivity index (χ1) is 32.4. The normalized spacial score (nSPS) is 13.1. The maximum atomic E-state index is 4.09. The smallest absolute Gasteiger partial charge is 0.0538 e. The third-order valence-electron chi connectivity index (χ3n) is 13.6. The molecule has 0 fully saturated rings. The van der Waals surface area contributed by atoms with E-state index in [1.807, 2.05) is 12.1 Å². The van der Waals surface area contributed by atoms with Crippen LogP contribution in [0.1, 0.15) is 37.5 Å². The zero-order chi connectivity index (χ0) is 44.8. The van der Waals surface area contributed by atoms with Gasteiger partial charge in [-0.1, -0.05) is 196 Å². The first-order valence-electron chi connectivity index (χ1n) is 22.9. The molecule has 0 amide bonds. The molecule has 0 saturated heterocycles. The van der Waals surface area contributed by atoms with Gasteiger partial charge in [0.05, 0.1) is 11.0 Å². The second-order valence-electron chi connectivity index (χ2n) is 17.9. The first-order valence-corrected chi connectivity index (χ1v) is 22.9. The lowest BCUT2D eigenvalue weighted by Crippen LogP contribution is -2.16. The first kappa shape index (κ1) is 40.6. The third-order valence-corrected chi connectivity index (χ3v) is 13.6. The number of aromatic nitrogens is 1. The summed E-state index contributed by atoms with van der Waals surface area (Å²) in [5, 5.41) is 2.48. The highest BCUT2D eigenvalue weighted by atomic mass is 15.1. The van der Waals surface area contributed by atoms with Crippen molar-refractivity contribution >= 4 is 50.1 Å². The number of benzene rings is 9. The van der Waals surface area contributed by atoms with Gasteiger partial charge in [-0.25, -0.2) is 0 Å². The van der Waals surface area contributed by atoms with Crippen LogP contribution in [0.4, 0.5) is 17.1 Å². The van der Waals surface area contributed by atoms with Crippen LogP contribution in [-0.4, -0.2) is 4.57 Å². The lowest BCUT2D eigenvalue weighted by Gasteiger charge is -2.28. The van der Waals surface area contributed by atoms with E-state index >= 15 is 0 Å². The van der Waals surface area contributed by atoms with E-state index in [0.29, 0.717) is 0 Å². The SMILES string of the molecule is C=C/C(=C\C=C(/C)n1c2ccccc2c2cc(-c3ccc(-c4ccc(N(c5ccc(-c6ccccc6)cc5)c5ccc6c(c5)C(C)(C)c5ccccc5-6)cc4)cc3)ccc21)c1ccccc1. The number of hydrogen-bond donors (Lipinski definition) is 0. The molecule has 2 nitrogen and oxygen atoms in total. The highest BCUT2D eigenvalue weighted by Gasteiger charge is 2.35. The van der Waals surface area contributed by atoms with Crippen LogP contribution in [0.3, 0.4) is 0 Å². The molecule has 316 valence electrons. The van der Waals surface area contributed by atoms with Crippen LogP contribution in [0, 0.1) is 0 Å². The summed E-state index contributed by atoms with van der Waals surface area (Å²) in [6, 6.07) is 79.5. The highest BCUT2D eigenvalue weighted by molar-refractivity contribution is 6.11. The molecule has 1 aliphatic rings. The number of nitrogens with zero attached hydrogens (tertiary/aromatic N) is 2. The fourth-order valence-corrected chi connectivity index (χ4v) is 10.1. The molecule has 0 bridgehead atoms. The van der Waals surface area contributed by atoms with E-state index in [1.165, 1.54) is 77.4 Å². The maximum absolute atomic E-state index is 4.09. The summed E-state index contributed by atoms with van der Waals surface area (Å²) in [5.74, 6) is 0. The van der Waals surface area contributed by atoms with Gasteiger partial charge in [0.2, 0.25) is 0 Å². The van der Waals surface area contributed by atoms with Gasteiger partial charge in [-0.15, -0.1) is 0 Å². The van der Waals surface area contributed by atoms with Crippen LogP contribution in [0.15, 0.2) is 243 Å². The van der Waals surface area contributed by atoms with E-state index in [9.17, 15) is 0 Å². The maximum Gasteiger partial charge on any atom is 0.0538 e. The van der Waals surface area contributed by atoms with Gasteiger partial charge in [-0.05, 0) is 134 Å². The standard InChI is InChI=1S/C64H50N2/c1-5-45(46-16-8-6-9-17-46)25-24-44(2)65-62-23-15-13-21-58(62)59-42-52(34-41-63(59)65)51-28-26-48(27-29-51)50-32-37-54(38-33-50)66(53-35-30-49(31-36-53)47-18-10-7-11-19-47)55-39-40-57-56-20-12-14-22-60(56)64(3,4)61(57)43-55/h5-43H,1H2,2-4H3/b44-24+,45-25+. The number of fused-ring (bicyclic) bond motifs is 6. The molecular formula is C64H50N2. The minimum absolute atomic E-state index is 0.0987. The van der Waals surface area contributed by atoms with Crippen molar-refractivity contribution in [2.75, 3.05) is 4.90 Å². The van der Waals surface area contributed by atoms with E-state index in [4.69, 9.17) is 0 Å². The monoisotopic (exact) mass is 846 g/mol. The molecule has 11 rings (SSSR count). The molecule has 0 atom stereocenters. The van der Waals surface area contributed by atoms with Crippen LogP contribution in [0.5, 0.6) is 0 Å². The Morgan fingerprint density at radius 1 is 0.439 bits per heavy atom. The van der Waals surface area contributed by atoms with Crippen molar-refractivity contribution in [2.24, 2.45) is 0 Å². The van der Waals surface area contributed by atoms with E-state index in [1.54, 1.807) is 0 Å². The lowest BCUT2D eigenvalue weighted by molar-refractivity contribution is 0.660. The predicted molar refractivity (Wildman–Crippen MR) is 283 cm³/mol. The Morgan fingerprint density at radius 3 is 1.61 bits per heavy atom. The molecule has 9 aromatic carbocycles. The zero-order valence-corrected chi connectivity index (χ0v) is 37.6. The molecule has 10 aromatic rings. The van der Waals surface area contributed by atoms with Crippen molar-refractivity contribution in [3.8, 4) is 44.5 Å². The Labute approximate surface area is 388 Å². The molecule has 66 heavy (non-hydrogen) atoms. The summed E-state index contributed by atoms with van der Waals surface area (Å²) in [5.41, 5.74) is 21.6. The molecule has 1 heterocycles. The Bertz CT molecular complexity index is 3480. The molecule has 0 radical (unpaired) electrons. The van der Waals surface area contributed by atoms with Crippen molar-refractivity contribution in [2.45, 2.75) is 26.2 Å². The van der Waals surface area contributed by atoms with E-state index in [2.05, 4.69) is 261 Å². The predicted octanol–water partition coefficient (Wildman–Crippen LogP) is 17.7. The summed E-state index contributed by atoms with van der Waals surface area (Å²) in [6.45, 7) is 11.0. The second kappa shape index (κ2) is 16.7. The molecular weight excluding hydrogens is 797 g/mol. The average Bonchev–Trinajstić information content (AvgIpc) is 3.83. The van der Waals surface area contributed by atoms with Crippen LogP contribution >= 0.6 is 0 Å². The van der Waals surface area contributed by atoms with Gasteiger partial charge in [0.15, 0.2) is 0 Å². The number of para-hydroxylation sites is 1. The zero-order valence-electron chi connectivity index (χ0n) is 37.6. The van der Waals surface area contributed by atoms with Gasteiger partial charge >= 0.3 is 0 Å². The highest BCUT2D eigenvalue weighted by Crippen LogP contribution is 2.51. The van der Waals surface area contributed by atoms with Crippen molar-refractivity contribution in [3.05, 3.63) is 260 Å². The van der Waals surface area contributed by atoms with Gasteiger partial charge in [-0.2, -0.15) is 0 Å². The summed E-state index contributed by atoms with van der Waals surface area (Å²) >= 11 is 0. The third kappa shape index (κ3) is 7.18. The molecule has 2 heteroatoms. The Morgan fingerprint density at radius 2 is 0.939 bits per heavy atom. The summed E-state index contributed by atoms with van der Waals surface area (Å²) in [6.07, 6.45) is 6.29. The fraction of sp³-hybridized carbons (Fsp3) is 0.0625. The van der Waals surface area contributed by atoms with Crippen molar-refractivity contribution in [1.29, 1.82) is 0 Å². The van der Waals surface area contributed by atoms with Crippen molar-refractivity contribution < 1.29 is 0 Å². The molecule has 0 N–H and O–H groups in total. The number of hydrogen-bond acceptors (Lipinski definition) is 1. The molecule has 0 aliphatic heterocycles. The number of anilines is 3. The van der Waals surface area contributed by atoms with Crippen LogP contribution < -0.4 is 4.90 Å². The summed E-state index contributed by atoms with van der Waals surface area (Å²) < 4.78 is 2.37. The van der Waals surface area contributed by atoms with Crippen LogP contribution in [0.25, 0.3) is 77.6 Å². The van der Waals surface area contributed by atoms with Gasteiger partial charge in [0.1, 0.15) is 0 Å². The van der Waals surface area contributed by atoms with E-state index < -0.39 is 0 Å². The van der Waals surface area contributed by atoms with Crippen molar-refractivity contribution in [1.82, 2.24) is 4.57 Å². The van der Waals surface area contributed by atoms with Gasteiger partial charge in [0, 0.05) is 38.9 Å². The molecule has 0 saturated carbocycles. The minimum atomic E-state index is -0.0987. The summed E-state index contributed by atoms with van der Waals surface area (Å²) in [7, 11) is 0. The van der Waals surface area contributed by atoms with Gasteiger partial charge in [0.25, 0.3) is 0 Å². The Kier molecular flexibility index (Phi) is 10.3. The Balaban J connectivity index is 0.905. The fourth-order valence-electron chi connectivity index (χ4n) is 10.1. The van der Waals surface area contributed by atoms with E-state index in [0.717, 1.165) is 33.9 Å². The number of rotatable bonds is 10. The van der Waals surface area contributed by atoms with Gasteiger partial charge in [-0.3, -0.25) is 0 Å². The Hall–Kier alpha value is -8.20. The minimum Gasteiger partial charge on any atom is -0.313 e. The molecule has 0 unspecified atom stereocenters. The summed E-state index contributed by atoms with van der Waals surface area (Å²) in [4.78, 5) is 2.39. The van der Waals surface area contributed by atoms with Gasteiger partial charge < -0.3 is 9.47 Å². The second-order valence-corrected chi connectivity index (χ2v) is 17.9. The quantitative estimate of drug-likeness (QED) is 0.125. The molecule has 1 aliphatic carbocycles. The average molecular weight is 847 g/mol. The van der Waals surface area contributed by atoms with E-state index in [-0.39, 0.29) is 5.41 Å². The van der Waals surface area contributed by atoms with Crippen LogP contribution in [0.2, 0.25) is 0 Å². The molecule has 0 spiro atoms. The lowest BCUT2D eigenvalue weighted by atomic mass is 9.82. The topological polar surface area (TPSA) is 8.17 Å². The largest absolute Gasteiger partial charge is 0.313 e. The van der Waals surface area contributed by atoms with Crippen molar-refractivity contribution in [3.63, 3.8) is 0 Å². The molecule has 1 aromatic heterocycles.